The van der Waals surface area contributed by atoms with E-state index in [-0.39, 0.29) is 17.8 Å². The summed E-state index contributed by atoms with van der Waals surface area (Å²) in [7, 11) is 0. The van der Waals surface area contributed by atoms with Gasteiger partial charge in [-0.3, -0.25) is 9.69 Å². The molecule has 2 aromatic rings. The molecule has 148 valence electrons. The summed E-state index contributed by atoms with van der Waals surface area (Å²) in [6.45, 7) is 4.93. The van der Waals surface area contributed by atoms with Gasteiger partial charge in [-0.05, 0) is 24.6 Å². The summed E-state index contributed by atoms with van der Waals surface area (Å²) in [4.78, 5) is 19.4. The zero-order chi connectivity index (χ0) is 19.6. The van der Waals surface area contributed by atoms with Crippen LogP contribution in [-0.4, -0.2) is 71.0 Å². The Morgan fingerprint density at radius 1 is 1.26 bits per heavy atom. The van der Waals surface area contributed by atoms with Crippen LogP contribution in [0.1, 0.15) is 23.8 Å². The standard InChI is InChI=1S/C18H22F3N3O3/c1-2-13(25)11-23-5-7-24(8-6-23)17(26)16-9-12-3-4-14(10-15(12)22-16)27-18(19,20)21/h3-4,9-10,13,22,25H,2,5-8,11H2,1H3. The number of amides is 1. The molecule has 0 aliphatic carbocycles. The lowest BCUT2D eigenvalue weighted by atomic mass is 10.2. The highest BCUT2D eigenvalue weighted by Crippen LogP contribution is 2.27. The lowest BCUT2D eigenvalue weighted by Crippen LogP contribution is -2.50. The van der Waals surface area contributed by atoms with Gasteiger partial charge in [0.2, 0.25) is 0 Å². The molecular weight excluding hydrogens is 363 g/mol. The van der Waals surface area contributed by atoms with Crippen LogP contribution < -0.4 is 4.74 Å². The van der Waals surface area contributed by atoms with Gasteiger partial charge in [-0.2, -0.15) is 0 Å². The number of aliphatic hydroxyl groups excluding tert-OH is 1. The van der Waals surface area contributed by atoms with Crippen molar-refractivity contribution in [1.82, 2.24) is 14.8 Å². The van der Waals surface area contributed by atoms with E-state index in [0.29, 0.717) is 55.7 Å². The smallest absolute Gasteiger partial charge is 0.406 e. The number of halogens is 3. The van der Waals surface area contributed by atoms with Crippen molar-refractivity contribution in [3.05, 3.63) is 30.0 Å². The molecule has 1 aromatic carbocycles. The monoisotopic (exact) mass is 385 g/mol. The largest absolute Gasteiger partial charge is 0.573 e. The van der Waals surface area contributed by atoms with E-state index in [4.69, 9.17) is 0 Å². The van der Waals surface area contributed by atoms with E-state index >= 15 is 0 Å². The number of piperazine rings is 1. The Morgan fingerprint density at radius 3 is 2.59 bits per heavy atom. The zero-order valence-electron chi connectivity index (χ0n) is 14.9. The summed E-state index contributed by atoms with van der Waals surface area (Å²) in [6, 6.07) is 5.55. The molecule has 0 bridgehead atoms. The second kappa shape index (κ2) is 7.77. The lowest BCUT2D eigenvalue weighted by molar-refractivity contribution is -0.274. The molecule has 1 fully saturated rings. The number of rotatable bonds is 5. The van der Waals surface area contributed by atoms with E-state index in [9.17, 15) is 23.1 Å². The maximum Gasteiger partial charge on any atom is 0.573 e. The summed E-state index contributed by atoms with van der Waals surface area (Å²) >= 11 is 0. The average molecular weight is 385 g/mol. The fraction of sp³-hybridized carbons (Fsp3) is 0.500. The minimum absolute atomic E-state index is 0.194. The molecule has 9 heteroatoms. The Labute approximate surface area is 154 Å². The van der Waals surface area contributed by atoms with Gasteiger partial charge < -0.3 is 19.7 Å². The molecule has 0 saturated carbocycles. The summed E-state index contributed by atoms with van der Waals surface area (Å²) < 4.78 is 40.9. The maximum atomic E-state index is 12.7. The molecule has 1 amide bonds. The topological polar surface area (TPSA) is 68.8 Å². The van der Waals surface area contributed by atoms with Crippen molar-refractivity contribution in [3.63, 3.8) is 0 Å². The number of fused-ring (bicyclic) bond motifs is 1. The number of aliphatic hydroxyl groups is 1. The summed E-state index contributed by atoms with van der Waals surface area (Å²) in [6.07, 6.45) is -4.44. The molecule has 6 nitrogen and oxygen atoms in total. The first-order chi connectivity index (χ1) is 12.7. The van der Waals surface area contributed by atoms with Gasteiger partial charge in [-0.1, -0.05) is 6.92 Å². The normalized spacial score (nSPS) is 17.3. The van der Waals surface area contributed by atoms with Gasteiger partial charge in [-0.15, -0.1) is 13.2 Å². The summed E-state index contributed by atoms with van der Waals surface area (Å²) in [5.74, 6) is -0.529. The number of carbonyl (C=O) groups is 1. The summed E-state index contributed by atoms with van der Waals surface area (Å²) in [5, 5.41) is 10.4. The number of nitrogens with zero attached hydrogens (tertiary/aromatic N) is 2. The van der Waals surface area contributed by atoms with E-state index in [1.165, 1.54) is 18.2 Å². The Bertz CT molecular complexity index is 798. The van der Waals surface area contributed by atoms with Crippen molar-refractivity contribution in [2.75, 3.05) is 32.7 Å². The Kier molecular flexibility index (Phi) is 5.61. The molecule has 1 aliphatic rings. The van der Waals surface area contributed by atoms with Crippen LogP contribution in [0.25, 0.3) is 10.9 Å². The van der Waals surface area contributed by atoms with Crippen molar-refractivity contribution in [2.24, 2.45) is 0 Å². The van der Waals surface area contributed by atoms with Crippen LogP contribution in [-0.2, 0) is 0 Å². The number of ether oxygens (including phenoxy) is 1. The number of hydrogen-bond donors (Lipinski definition) is 2. The van der Waals surface area contributed by atoms with Crippen LogP contribution in [0, 0.1) is 0 Å². The van der Waals surface area contributed by atoms with E-state index in [1.54, 1.807) is 11.0 Å². The quantitative estimate of drug-likeness (QED) is 0.830. The minimum atomic E-state index is -4.76. The van der Waals surface area contributed by atoms with Gasteiger partial charge in [0.1, 0.15) is 11.4 Å². The highest BCUT2D eigenvalue weighted by Gasteiger charge is 2.31. The van der Waals surface area contributed by atoms with Crippen molar-refractivity contribution >= 4 is 16.8 Å². The molecule has 0 radical (unpaired) electrons. The molecule has 27 heavy (non-hydrogen) atoms. The van der Waals surface area contributed by atoms with Crippen LogP contribution in [0.2, 0.25) is 0 Å². The van der Waals surface area contributed by atoms with Gasteiger partial charge >= 0.3 is 6.36 Å². The van der Waals surface area contributed by atoms with Crippen LogP contribution in [0.5, 0.6) is 5.75 Å². The molecule has 2 heterocycles. The van der Waals surface area contributed by atoms with Crippen molar-refractivity contribution in [2.45, 2.75) is 25.8 Å². The van der Waals surface area contributed by atoms with E-state index in [1.807, 2.05) is 6.92 Å². The molecular formula is C18H22F3N3O3. The number of alkyl halides is 3. The van der Waals surface area contributed by atoms with Crippen LogP contribution >= 0.6 is 0 Å². The third kappa shape index (κ3) is 4.92. The molecule has 1 unspecified atom stereocenters. The molecule has 1 aromatic heterocycles. The Hall–Kier alpha value is -2.26. The minimum Gasteiger partial charge on any atom is -0.406 e. The lowest BCUT2D eigenvalue weighted by Gasteiger charge is -2.35. The fourth-order valence-corrected chi connectivity index (χ4v) is 3.15. The number of aromatic amines is 1. The second-order valence-corrected chi connectivity index (χ2v) is 6.63. The first-order valence-electron chi connectivity index (χ1n) is 8.83. The van der Waals surface area contributed by atoms with Gasteiger partial charge in [0, 0.05) is 49.7 Å². The molecule has 2 N–H and O–H groups in total. The van der Waals surface area contributed by atoms with Crippen molar-refractivity contribution < 1.29 is 27.8 Å². The fourth-order valence-electron chi connectivity index (χ4n) is 3.15. The van der Waals surface area contributed by atoms with Crippen LogP contribution in [0.15, 0.2) is 24.3 Å². The van der Waals surface area contributed by atoms with Crippen molar-refractivity contribution in [3.8, 4) is 5.75 Å². The molecule has 1 saturated heterocycles. The third-order valence-corrected chi connectivity index (χ3v) is 4.66. The Balaban J connectivity index is 1.66. The zero-order valence-corrected chi connectivity index (χ0v) is 14.9. The Morgan fingerprint density at radius 2 is 1.96 bits per heavy atom. The number of aromatic nitrogens is 1. The van der Waals surface area contributed by atoms with Gasteiger partial charge in [0.15, 0.2) is 0 Å². The van der Waals surface area contributed by atoms with E-state index < -0.39 is 6.36 Å². The number of benzene rings is 1. The number of carbonyl (C=O) groups excluding carboxylic acids is 1. The maximum absolute atomic E-state index is 12.7. The molecule has 0 spiro atoms. The van der Waals surface area contributed by atoms with Crippen LogP contribution in [0.3, 0.4) is 0 Å². The highest BCUT2D eigenvalue weighted by molar-refractivity contribution is 5.98. The van der Waals surface area contributed by atoms with E-state index in [0.717, 1.165) is 0 Å². The first kappa shape index (κ1) is 19.5. The van der Waals surface area contributed by atoms with Crippen molar-refractivity contribution in [1.29, 1.82) is 0 Å². The molecule has 1 atom stereocenters. The highest BCUT2D eigenvalue weighted by atomic mass is 19.4. The third-order valence-electron chi connectivity index (χ3n) is 4.66. The summed E-state index contributed by atoms with van der Waals surface area (Å²) in [5.41, 5.74) is 0.737. The molecule has 1 aliphatic heterocycles. The average Bonchev–Trinajstić information content (AvgIpc) is 3.03. The predicted molar refractivity (Wildman–Crippen MR) is 93.6 cm³/mol. The van der Waals surface area contributed by atoms with E-state index in [2.05, 4.69) is 14.6 Å². The van der Waals surface area contributed by atoms with Gasteiger partial charge in [0.05, 0.1) is 6.10 Å². The number of nitrogens with one attached hydrogen (secondary N) is 1. The second-order valence-electron chi connectivity index (χ2n) is 6.63. The molecule has 3 rings (SSSR count). The van der Waals surface area contributed by atoms with Gasteiger partial charge in [0.25, 0.3) is 5.91 Å². The number of H-pyrrole nitrogens is 1. The van der Waals surface area contributed by atoms with Gasteiger partial charge in [-0.25, -0.2) is 0 Å². The SMILES string of the molecule is CCC(O)CN1CCN(C(=O)c2cc3ccc(OC(F)(F)F)cc3[nH]2)CC1. The van der Waals surface area contributed by atoms with Crippen LogP contribution in [0.4, 0.5) is 13.2 Å². The number of β-amino-alcohol motifs (C(OH)–C–C–N with tert-alkyl or cyclic N) is 1. The predicted octanol–water partition coefficient (Wildman–Crippen LogP) is 2.60. The first-order valence-corrected chi connectivity index (χ1v) is 8.83. The number of hydrogen-bond acceptors (Lipinski definition) is 4.